The smallest absolute Gasteiger partial charge is 0.151 e. The van der Waals surface area contributed by atoms with Crippen LogP contribution in [-0.4, -0.2) is 24.8 Å². The van der Waals surface area contributed by atoms with Gasteiger partial charge in [0.2, 0.25) is 0 Å². The molecular weight excluding hydrogens is 285 g/mol. The Kier molecular flexibility index (Phi) is 4.01. The van der Waals surface area contributed by atoms with Crippen LogP contribution in [0.1, 0.15) is 18.0 Å². The van der Waals surface area contributed by atoms with E-state index in [9.17, 15) is 4.39 Å². The molecule has 0 saturated heterocycles. The molecule has 3 nitrogen and oxygen atoms in total. The zero-order chi connectivity index (χ0) is 14.8. The van der Waals surface area contributed by atoms with Gasteiger partial charge in [0.25, 0.3) is 0 Å². The van der Waals surface area contributed by atoms with Crippen LogP contribution in [0.15, 0.2) is 41.4 Å². The van der Waals surface area contributed by atoms with Gasteiger partial charge in [0.15, 0.2) is 5.82 Å². The molecule has 1 unspecified atom stereocenters. The minimum Gasteiger partial charge on any atom is -0.375 e. The average Bonchev–Trinajstić information content (AvgIpc) is 2.49. The molecule has 0 bridgehead atoms. The lowest BCUT2D eigenvalue weighted by Gasteiger charge is -2.28. The Morgan fingerprint density at radius 1 is 1.29 bits per heavy atom. The lowest BCUT2D eigenvalue weighted by Crippen LogP contribution is -2.19. The summed E-state index contributed by atoms with van der Waals surface area (Å²) in [6.45, 7) is 0. The fourth-order valence-corrected chi connectivity index (χ4v) is 3.73. The number of nitrogens with zero attached hydrogens (tertiary/aromatic N) is 2. The Labute approximate surface area is 128 Å². The maximum Gasteiger partial charge on any atom is 0.151 e. The summed E-state index contributed by atoms with van der Waals surface area (Å²) in [4.78, 5) is 7.15. The molecule has 0 aliphatic carbocycles. The number of benzene rings is 1. The first-order valence-corrected chi connectivity index (χ1v) is 7.95. The Morgan fingerprint density at radius 3 is 2.95 bits per heavy atom. The summed E-state index contributed by atoms with van der Waals surface area (Å²) in [5, 5.41) is 3.53. The molecule has 1 atom stereocenters. The van der Waals surface area contributed by atoms with E-state index >= 15 is 0 Å². The van der Waals surface area contributed by atoms with E-state index in [2.05, 4.69) is 10.3 Å². The van der Waals surface area contributed by atoms with Crippen molar-refractivity contribution in [3.05, 3.63) is 47.9 Å². The SMILES string of the molecule is CN(C)c1ncccc1NC1CCSc2c(F)cccc21. The largest absolute Gasteiger partial charge is 0.375 e. The first kappa shape index (κ1) is 14.2. The highest BCUT2D eigenvalue weighted by molar-refractivity contribution is 7.99. The monoisotopic (exact) mass is 303 g/mol. The number of pyridine rings is 1. The maximum absolute atomic E-state index is 13.9. The van der Waals surface area contributed by atoms with E-state index < -0.39 is 0 Å². The molecule has 3 rings (SSSR count). The van der Waals surface area contributed by atoms with Gasteiger partial charge in [-0.25, -0.2) is 9.37 Å². The van der Waals surface area contributed by atoms with Gasteiger partial charge in [-0.1, -0.05) is 12.1 Å². The second kappa shape index (κ2) is 5.93. The van der Waals surface area contributed by atoms with E-state index in [4.69, 9.17) is 0 Å². The molecule has 1 aliphatic rings. The molecule has 0 saturated carbocycles. The predicted octanol–water partition coefficient (Wildman–Crippen LogP) is 3.94. The van der Waals surface area contributed by atoms with Crippen LogP contribution >= 0.6 is 11.8 Å². The fourth-order valence-electron chi connectivity index (χ4n) is 2.59. The molecule has 2 aromatic rings. The highest BCUT2D eigenvalue weighted by Gasteiger charge is 2.23. The summed E-state index contributed by atoms with van der Waals surface area (Å²) in [6, 6.07) is 9.38. The molecule has 1 aliphatic heterocycles. The summed E-state index contributed by atoms with van der Waals surface area (Å²) in [7, 11) is 3.94. The Bertz CT molecular complexity index is 645. The van der Waals surface area contributed by atoms with Gasteiger partial charge in [-0.05, 0) is 30.2 Å². The lowest BCUT2D eigenvalue weighted by atomic mass is 10.0. The highest BCUT2D eigenvalue weighted by atomic mass is 32.2. The van der Waals surface area contributed by atoms with Crippen molar-refractivity contribution in [1.29, 1.82) is 0 Å². The third kappa shape index (κ3) is 2.83. The Hall–Kier alpha value is -1.75. The van der Waals surface area contributed by atoms with E-state index in [-0.39, 0.29) is 11.9 Å². The van der Waals surface area contributed by atoms with E-state index in [1.807, 2.05) is 37.2 Å². The Morgan fingerprint density at radius 2 is 2.14 bits per heavy atom. The number of thioether (sulfide) groups is 1. The van der Waals surface area contributed by atoms with E-state index in [1.54, 1.807) is 24.0 Å². The van der Waals surface area contributed by atoms with Crippen molar-refractivity contribution in [2.24, 2.45) is 0 Å². The molecule has 21 heavy (non-hydrogen) atoms. The quantitative estimate of drug-likeness (QED) is 0.930. The number of aromatic nitrogens is 1. The molecule has 0 amide bonds. The second-order valence-electron chi connectivity index (χ2n) is 5.26. The second-order valence-corrected chi connectivity index (χ2v) is 6.37. The molecule has 1 aromatic carbocycles. The van der Waals surface area contributed by atoms with Gasteiger partial charge in [-0.3, -0.25) is 0 Å². The number of rotatable bonds is 3. The zero-order valence-electron chi connectivity index (χ0n) is 12.1. The first-order chi connectivity index (χ1) is 10.2. The topological polar surface area (TPSA) is 28.2 Å². The molecule has 0 spiro atoms. The fraction of sp³-hybridized carbons (Fsp3) is 0.312. The summed E-state index contributed by atoms with van der Waals surface area (Å²) in [5.41, 5.74) is 2.02. The number of nitrogens with one attached hydrogen (secondary N) is 1. The van der Waals surface area contributed by atoms with Crippen LogP contribution in [0.25, 0.3) is 0 Å². The first-order valence-electron chi connectivity index (χ1n) is 6.97. The van der Waals surface area contributed by atoms with Gasteiger partial charge in [0.1, 0.15) is 5.82 Å². The van der Waals surface area contributed by atoms with Crippen molar-refractivity contribution in [3.63, 3.8) is 0 Å². The van der Waals surface area contributed by atoms with Crippen molar-refractivity contribution in [2.45, 2.75) is 17.4 Å². The third-order valence-corrected chi connectivity index (χ3v) is 4.73. The zero-order valence-corrected chi connectivity index (χ0v) is 13.0. The van der Waals surface area contributed by atoms with Gasteiger partial charge in [-0.2, -0.15) is 0 Å². The van der Waals surface area contributed by atoms with Gasteiger partial charge in [-0.15, -0.1) is 11.8 Å². The van der Waals surface area contributed by atoms with Crippen molar-refractivity contribution in [3.8, 4) is 0 Å². The van der Waals surface area contributed by atoms with E-state index in [0.29, 0.717) is 0 Å². The van der Waals surface area contributed by atoms with Gasteiger partial charge >= 0.3 is 0 Å². The molecule has 5 heteroatoms. The summed E-state index contributed by atoms with van der Waals surface area (Å²) in [6.07, 6.45) is 2.76. The maximum atomic E-state index is 13.9. The highest BCUT2D eigenvalue weighted by Crippen LogP contribution is 2.40. The van der Waals surface area contributed by atoms with Crippen LogP contribution in [-0.2, 0) is 0 Å². The van der Waals surface area contributed by atoms with Crippen LogP contribution in [0.5, 0.6) is 0 Å². The average molecular weight is 303 g/mol. The van der Waals surface area contributed by atoms with Crippen molar-refractivity contribution in [2.75, 3.05) is 30.1 Å². The van der Waals surface area contributed by atoms with Gasteiger partial charge < -0.3 is 10.2 Å². The molecule has 0 radical (unpaired) electrons. The number of anilines is 2. The lowest BCUT2D eigenvalue weighted by molar-refractivity contribution is 0.585. The Balaban J connectivity index is 1.93. The van der Waals surface area contributed by atoms with Gasteiger partial charge in [0.05, 0.1) is 11.7 Å². The van der Waals surface area contributed by atoms with Crippen molar-refractivity contribution >= 4 is 23.3 Å². The van der Waals surface area contributed by atoms with Crippen molar-refractivity contribution in [1.82, 2.24) is 4.98 Å². The number of fused-ring (bicyclic) bond motifs is 1. The molecule has 1 N–H and O–H groups in total. The summed E-state index contributed by atoms with van der Waals surface area (Å²) >= 11 is 1.60. The standard InChI is InChI=1S/C16H18FN3S/c1-20(2)16-14(7-4-9-18-16)19-13-8-10-21-15-11(13)5-3-6-12(15)17/h3-7,9,13,19H,8,10H2,1-2H3. The van der Waals surface area contributed by atoms with E-state index in [0.717, 1.165) is 34.1 Å². The van der Waals surface area contributed by atoms with Crippen LogP contribution in [0.3, 0.4) is 0 Å². The van der Waals surface area contributed by atoms with E-state index in [1.165, 1.54) is 6.07 Å². The predicted molar refractivity (Wildman–Crippen MR) is 86.7 cm³/mol. The molecule has 110 valence electrons. The van der Waals surface area contributed by atoms with Crippen LogP contribution < -0.4 is 10.2 Å². The number of hydrogen-bond donors (Lipinski definition) is 1. The van der Waals surface area contributed by atoms with Crippen LogP contribution in [0, 0.1) is 5.82 Å². The minimum atomic E-state index is -0.122. The molecule has 0 fully saturated rings. The number of hydrogen-bond acceptors (Lipinski definition) is 4. The van der Waals surface area contributed by atoms with Crippen LogP contribution in [0.4, 0.5) is 15.9 Å². The third-order valence-electron chi connectivity index (χ3n) is 3.57. The van der Waals surface area contributed by atoms with Crippen LogP contribution in [0.2, 0.25) is 0 Å². The molecule has 1 aromatic heterocycles. The molecular formula is C16H18FN3S. The number of halogens is 1. The van der Waals surface area contributed by atoms with Crippen molar-refractivity contribution < 1.29 is 4.39 Å². The summed E-state index contributed by atoms with van der Waals surface area (Å²) in [5.74, 6) is 1.69. The normalized spacial score (nSPS) is 17.2. The summed E-state index contributed by atoms with van der Waals surface area (Å²) < 4.78 is 13.9. The minimum absolute atomic E-state index is 0.122. The van der Waals surface area contributed by atoms with Gasteiger partial charge in [0, 0.05) is 30.9 Å². The molecule has 2 heterocycles.